The molecule has 5 atom stereocenters. The summed E-state index contributed by atoms with van der Waals surface area (Å²) < 4.78 is 15.5. The lowest BCUT2D eigenvalue weighted by atomic mass is 9.66. The number of epoxide rings is 1. The van der Waals surface area contributed by atoms with Crippen LogP contribution < -0.4 is 4.74 Å². The molecule has 0 unspecified atom stereocenters. The van der Waals surface area contributed by atoms with Crippen LogP contribution >= 0.6 is 0 Å². The highest BCUT2D eigenvalue weighted by Crippen LogP contribution is 2.51. The van der Waals surface area contributed by atoms with Gasteiger partial charge in [0.1, 0.15) is 11.1 Å². The normalized spacial score (nSPS) is 32.2. The summed E-state index contributed by atoms with van der Waals surface area (Å²) in [4.78, 5) is 19.5. The fourth-order valence-corrected chi connectivity index (χ4v) is 5.11. The Labute approximate surface area is 173 Å². The monoisotopic (exact) mass is 408 g/mol. The van der Waals surface area contributed by atoms with Crippen LogP contribution in [0.15, 0.2) is 30.9 Å². The average Bonchev–Trinajstić information content (AvgIpc) is 3.10. The predicted molar refractivity (Wildman–Crippen MR) is 107 cm³/mol. The minimum atomic E-state index is -0.360. The number of aryl methyl sites for hydroxylation is 1. The van der Waals surface area contributed by atoms with Crippen molar-refractivity contribution in [2.24, 2.45) is 13.0 Å². The van der Waals surface area contributed by atoms with Gasteiger partial charge < -0.3 is 14.4 Å². The second kappa shape index (κ2) is 6.04. The average molecular weight is 408 g/mol. The van der Waals surface area contributed by atoms with Crippen molar-refractivity contribution >= 4 is 11.4 Å². The molecule has 2 saturated heterocycles. The molecule has 0 bridgehead atoms. The number of carbonyl (C=O) groups is 1. The van der Waals surface area contributed by atoms with Gasteiger partial charge in [0, 0.05) is 43.7 Å². The van der Waals surface area contributed by atoms with Gasteiger partial charge in [0.2, 0.25) is 5.88 Å². The van der Waals surface area contributed by atoms with Crippen LogP contribution in [0.3, 0.4) is 0 Å². The van der Waals surface area contributed by atoms with Gasteiger partial charge in [0.15, 0.2) is 6.10 Å². The van der Waals surface area contributed by atoms with Crippen molar-refractivity contribution in [3.05, 3.63) is 30.9 Å². The molecule has 3 aromatic rings. The molecule has 30 heavy (non-hydrogen) atoms. The third kappa shape index (κ3) is 2.57. The van der Waals surface area contributed by atoms with Gasteiger partial charge in [-0.15, -0.1) is 0 Å². The first-order chi connectivity index (χ1) is 14.4. The predicted octanol–water partition coefficient (Wildman–Crippen LogP) is 1.68. The second-order valence-electron chi connectivity index (χ2n) is 8.87. The van der Waals surface area contributed by atoms with E-state index in [0.29, 0.717) is 11.8 Å². The van der Waals surface area contributed by atoms with E-state index in [2.05, 4.69) is 17.1 Å². The zero-order chi connectivity index (χ0) is 20.6. The van der Waals surface area contributed by atoms with Gasteiger partial charge in [-0.05, 0) is 26.3 Å². The molecule has 5 heterocycles. The number of aromatic nitrogens is 5. The highest BCUT2D eigenvalue weighted by atomic mass is 16.6. The molecular formula is C21H24N6O3. The topological polar surface area (TPSA) is 90.1 Å². The Morgan fingerprint density at radius 1 is 1.33 bits per heavy atom. The van der Waals surface area contributed by atoms with Crippen LogP contribution in [0.4, 0.5) is 0 Å². The summed E-state index contributed by atoms with van der Waals surface area (Å²) in [5.41, 5.74) is 2.14. The van der Waals surface area contributed by atoms with E-state index in [0.717, 1.165) is 36.2 Å². The Morgan fingerprint density at radius 2 is 2.17 bits per heavy atom. The molecule has 6 rings (SSSR count). The highest BCUT2D eigenvalue weighted by molar-refractivity contribution is 5.84. The van der Waals surface area contributed by atoms with Crippen LogP contribution in [0.25, 0.3) is 16.8 Å². The standard InChI is InChI=1S/C21H24N6O3/c1-12-18(29-12)20(28)26-7-5-14-17(26)8-21(14,2)30-19-16-4-6-22-27(16)11-15(24-19)13-9-23-25(3)10-13/h4,6,9-12,14,17-18H,5,7-8H2,1-3H3/t12-,14+,17+,18+,21-/m1/s1. The molecule has 0 radical (unpaired) electrons. The van der Waals surface area contributed by atoms with Gasteiger partial charge in [0.05, 0.1) is 30.4 Å². The number of ether oxygens (including phenoxy) is 2. The summed E-state index contributed by atoms with van der Waals surface area (Å²) in [7, 11) is 1.88. The van der Waals surface area contributed by atoms with Crippen LogP contribution in [0.2, 0.25) is 0 Å². The van der Waals surface area contributed by atoms with Crippen molar-refractivity contribution in [1.29, 1.82) is 0 Å². The molecule has 3 fully saturated rings. The van der Waals surface area contributed by atoms with Crippen molar-refractivity contribution in [2.45, 2.75) is 50.5 Å². The van der Waals surface area contributed by atoms with E-state index in [1.165, 1.54) is 0 Å². The molecule has 0 N–H and O–H groups in total. The lowest BCUT2D eigenvalue weighted by Gasteiger charge is -2.51. The minimum absolute atomic E-state index is 0.0498. The lowest BCUT2D eigenvalue weighted by Crippen LogP contribution is -2.61. The molecule has 3 aliphatic rings. The SMILES string of the molecule is C[C@H]1O[C@@H]1C(=O)N1CC[C@H]2[C@@H]1C[C@@]2(C)Oc1nc(-c2cnn(C)c2)cn2nccc12. The number of likely N-dealkylation sites (tertiary alicyclic amines) is 1. The van der Waals surface area contributed by atoms with Gasteiger partial charge in [0.25, 0.3) is 5.91 Å². The summed E-state index contributed by atoms with van der Waals surface area (Å²) in [5, 5.41) is 8.63. The van der Waals surface area contributed by atoms with E-state index in [1.54, 1.807) is 21.6 Å². The fraction of sp³-hybridized carbons (Fsp3) is 0.524. The zero-order valence-corrected chi connectivity index (χ0v) is 17.2. The Balaban J connectivity index is 1.27. The first-order valence-corrected chi connectivity index (χ1v) is 10.4. The van der Waals surface area contributed by atoms with Crippen LogP contribution in [-0.4, -0.2) is 65.6 Å². The fourth-order valence-electron chi connectivity index (χ4n) is 5.11. The maximum atomic E-state index is 12.6. The molecule has 0 spiro atoms. The molecule has 1 saturated carbocycles. The summed E-state index contributed by atoms with van der Waals surface area (Å²) in [5.74, 6) is 0.994. The van der Waals surface area contributed by atoms with Gasteiger partial charge >= 0.3 is 0 Å². The van der Waals surface area contributed by atoms with Gasteiger partial charge in [-0.1, -0.05) is 0 Å². The molecule has 156 valence electrons. The van der Waals surface area contributed by atoms with Crippen molar-refractivity contribution in [1.82, 2.24) is 29.3 Å². The highest BCUT2D eigenvalue weighted by Gasteiger charge is 2.61. The lowest BCUT2D eigenvalue weighted by molar-refractivity contribution is -0.143. The van der Waals surface area contributed by atoms with Crippen molar-refractivity contribution in [2.75, 3.05) is 6.54 Å². The second-order valence-corrected chi connectivity index (χ2v) is 8.87. The van der Waals surface area contributed by atoms with E-state index < -0.39 is 0 Å². The van der Waals surface area contributed by atoms with E-state index in [4.69, 9.17) is 14.5 Å². The van der Waals surface area contributed by atoms with Gasteiger partial charge in [-0.2, -0.15) is 10.2 Å². The molecule has 2 aliphatic heterocycles. The molecule has 1 aliphatic carbocycles. The molecule has 9 nitrogen and oxygen atoms in total. The third-order valence-electron chi connectivity index (χ3n) is 6.87. The third-order valence-corrected chi connectivity index (χ3v) is 6.87. The summed E-state index contributed by atoms with van der Waals surface area (Å²) in [6.45, 7) is 4.84. The number of amides is 1. The molecule has 1 amide bonds. The first kappa shape index (κ1) is 17.9. The largest absolute Gasteiger partial charge is 0.469 e. The number of hydrogen-bond donors (Lipinski definition) is 0. The van der Waals surface area contributed by atoms with Crippen molar-refractivity contribution < 1.29 is 14.3 Å². The van der Waals surface area contributed by atoms with E-state index >= 15 is 0 Å². The quantitative estimate of drug-likeness (QED) is 0.610. The summed E-state index contributed by atoms with van der Waals surface area (Å²) in [6.07, 6.45) is 8.87. The van der Waals surface area contributed by atoms with Gasteiger partial charge in [-0.3, -0.25) is 9.48 Å². The Hall–Kier alpha value is -2.94. The van der Waals surface area contributed by atoms with Crippen molar-refractivity contribution in [3.8, 4) is 17.1 Å². The van der Waals surface area contributed by atoms with Crippen LogP contribution in [0.1, 0.15) is 26.7 Å². The number of rotatable bonds is 4. The maximum absolute atomic E-state index is 12.6. The van der Waals surface area contributed by atoms with Gasteiger partial charge in [-0.25, -0.2) is 9.50 Å². The van der Waals surface area contributed by atoms with Crippen molar-refractivity contribution in [3.63, 3.8) is 0 Å². The Bertz CT molecular complexity index is 1150. The molecular weight excluding hydrogens is 384 g/mol. The minimum Gasteiger partial charge on any atom is -0.469 e. The van der Waals surface area contributed by atoms with Crippen LogP contribution in [0, 0.1) is 5.92 Å². The first-order valence-electron chi connectivity index (χ1n) is 10.4. The van der Waals surface area contributed by atoms with Crippen LogP contribution in [-0.2, 0) is 16.6 Å². The molecule has 9 heteroatoms. The summed E-state index contributed by atoms with van der Waals surface area (Å²) >= 11 is 0. The number of carbonyl (C=O) groups excluding carboxylic acids is 1. The maximum Gasteiger partial charge on any atom is 0.254 e. The van der Waals surface area contributed by atoms with Crippen LogP contribution in [0.5, 0.6) is 5.88 Å². The number of nitrogens with zero attached hydrogens (tertiary/aromatic N) is 6. The Morgan fingerprint density at radius 3 is 2.90 bits per heavy atom. The van der Waals surface area contributed by atoms with E-state index in [-0.39, 0.29) is 29.8 Å². The Kier molecular flexibility index (Phi) is 3.60. The molecule has 3 aromatic heterocycles. The number of fused-ring (bicyclic) bond motifs is 2. The van der Waals surface area contributed by atoms with E-state index in [9.17, 15) is 4.79 Å². The number of hydrogen-bond acceptors (Lipinski definition) is 6. The summed E-state index contributed by atoms with van der Waals surface area (Å²) in [6, 6.07) is 2.13. The molecule has 0 aromatic carbocycles. The van der Waals surface area contributed by atoms with E-state index in [1.807, 2.05) is 37.3 Å². The smallest absolute Gasteiger partial charge is 0.254 e. The zero-order valence-electron chi connectivity index (χ0n) is 17.2.